The Bertz CT molecular complexity index is 1170. The summed E-state index contributed by atoms with van der Waals surface area (Å²) < 4.78 is 12.5. The highest BCUT2D eigenvalue weighted by Gasteiger charge is 2.45. The van der Waals surface area contributed by atoms with Gasteiger partial charge in [-0.15, -0.1) is 0 Å². The topological polar surface area (TPSA) is 107 Å². The van der Waals surface area contributed by atoms with Gasteiger partial charge < -0.3 is 24.0 Å². The molecule has 1 saturated heterocycles. The largest absolute Gasteiger partial charge is 0.507 e. The van der Waals surface area contributed by atoms with Crippen LogP contribution in [-0.2, 0) is 16.1 Å². The standard InChI is InChI=1S/C24H24N4O5/c1-32-18-7-6-16(13-19(18)33-2)22(29)20-21(17-5-3-8-25-14-17)28(24(31)23(20)30)11-4-10-27-12-9-26-15-27/h3,5-9,12-15,21,29H,4,10-11H2,1-2H3/t21-/m0/s1. The maximum atomic E-state index is 13.1. The molecule has 4 rings (SSSR count). The van der Waals surface area contributed by atoms with Gasteiger partial charge in [-0.3, -0.25) is 14.6 Å². The first kappa shape index (κ1) is 22.1. The van der Waals surface area contributed by atoms with E-state index in [2.05, 4.69) is 9.97 Å². The number of likely N-dealkylation sites (tertiary alicyclic amines) is 1. The molecular formula is C24H24N4O5. The molecule has 3 aromatic rings. The lowest BCUT2D eigenvalue weighted by Crippen LogP contribution is -2.31. The van der Waals surface area contributed by atoms with Gasteiger partial charge in [0.15, 0.2) is 11.5 Å². The van der Waals surface area contributed by atoms with Crippen molar-refractivity contribution in [2.75, 3.05) is 20.8 Å². The average molecular weight is 448 g/mol. The first-order valence-corrected chi connectivity index (χ1v) is 10.4. The molecule has 0 bridgehead atoms. The van der Waals surface area contributed by atoms with Gasteiger partial charge >= 0.3 is 0 Å². The third-order valence-electron chi connectivity index (χ3n) is 5.57. The minimum absolute atomic E-state index is 0.0165. The smallest absolute Gasteiger partial charge is 0.295 e. The van der Waals surface area contributed by atoms with Crippen LogP contribution in [0, 0.1) is 0 Å². The molecule has 33 heavy (non-hydrogen) atoms. The third kappa shape index (κ3) is 4.30. The molecule has 1 aliphatic rings. The Hall–Kier alpha value is -4.14. The van der Waals surface area contributed by atoms with Crippen molar-refractivity contribution in [2.45, 2.75) is 19.0 Å². The number of hydrogen-bond donors (Lipinski definition) is 1. The highest BCUT2D eigenvalue weighted by Crippen LogP contribution is 2.40. The lowest BCUT2D eigenvalue weighted by Gasteiger charge is -2.25. The minimum Gasteiger partial charge on any atom is -0.507 e. The molecule has 3 heterocycles. The van der Waals surface area contributed by atoms with Crippen molar-refractivity contribution in [1.29, 1.82) is 0 Å². The fourth-order valence-electron chi connectivity index (χ4n) is 3.98. The number of aliphatic hydroxyl groups is 1. The number of Topliss-reactive ketones (excluding diaryl/α,β-unsaturated/α-hetero) is 1. The predicted octanol–water partition coefficient (Wildman–Crippen LogP) is 2.81. The molecule has 1 N–H and O–H groups in total. The van der Waals surface area contributed by atoms with Crippen LogP contribution in [-0.4, -0.2) is 57.0 Å². The first-order valence-electron chi connectivity index (χ1n) is 10.4. The van der Waals surface area contributed by atoms with E-state index in [1.54, 1.807) is 55.2 Å². The third-order valence-corrected chi connectivity index (χ3v) is 5.57. The molecular weight excluding hydrogens is 424 g/mol. The molecule has 0 saturated carbocycles. The number of nitrogens with zero attached hydrogens (tertiary/aromatic N) is 4. The summed E-state index contributed by atoms with van der Waals surface area (Å²) >= 11 is 0. The molecule has 0 aliphatic carbocycles. The number of carbonyl (C=O) groups is 2. The molecule has 0 spiro atoms. The van der Waals surface area contributed by atoms with Crippen molar-refractivity contribution in [2.24, 2.45) is 0 Å². The number of ether oxygens (including phenoxy) is 2. The van der Waals surface area contributed by atoms with Crippen molar-refractivity contribution >= 4 is 17.4 Å². The Balaban J connectivity index is 1.73. The van der Waals surface area contributed by atoms with Gasteiger partial charge in [0, 0.05) is 43.4 Å². The molecule has 9 heteroatoms. The molecule has 170 valence electrons. The van der Waals surface area contributed by atoms with Gasteiger partial charge in [0.25, 0.3) is 11.7 Å². The van der Waals surface area contributed by atoms with Crippen molar-refractivity contribution in [3.8, 4) is 11.5 Å². The average Bonchev–Trinajstić information content (AvgIpc) is 3.46. The van der Waals surface area contributed by atoms with Crippen LogP contribution in [0.2, 0.25) is 0 Å². The molecule has 1 fully saturated rings. The molecule has 1 aliphatic heterocycles. The fourth-order valence-corrected chi connectivity index (χ4v) is 3.98. The van der Waals surface area contributed by atoms with Crippen molar-refractivity contribution in [3.63, 3.8) is 0 Å². The zero-order chi connectivity index (χ0) is 23.4. The van der Waals surface area contributed by atoms with Crippen molar-refractivity contribution < 1.29 is 24.2 Å². The van der Waals surface area contributed by atoms with Gasteiger partial charge in [-0.25, -0.2) is 4.98 Å². The number of ketones is 1. The number of aromatic nitrogens is 3. The van der Waals surface area contributed by atoms with E-state index in [1.807, 2.05) is 10.8 Å². The Morgan fingerprint density at radius 2 is 1.88 bits per heavy atom. The molecule has 0 unspecified atom stereocenters. The molecule has 1 amide bonds. The summed E-state index contributed by atoms with van der Waals surface area (Å²) in [7, 11) is 2.99. The number of hydrogen-bond acceptors (Lipinski definition) is 7. The number of imidazole rings is 1. The van der Waals surface area contributed by atoms with E-state index < -0.39 is 17.7 Å². The molecule has 1 atom stereocenters. The summed E-state index contributed by atoms with van der Waals surface area (Å²) in [5.41, 5.74) is 1.00. The number of carbonyl (C=O) groups excluding carboxylic acids is 2. The molecule has 1 aromatic carbocycles. The van der Waals surface area contributed by atoms with Crippen LogP contribution in [0.4, 0.5) is 0 Å². The summed E-state index contributed by atoms with van der Waals surface area (Å²) in [4.78, 5) is 35.7. The van der Waals surface area contributed by atoms with Crippen LogP contribution >= 0.6 is 0 Å². The lowest BCUT2D eigenvalue weighted by molar-refractivity contribution is -0.139. The number of rotatable bonds is 8. The van der Waals surface area contributed by atoms with Gasteiger partial charge in [-0.1, -0.05) is 6.07 Å². The molecule has 0 radical (unpaired) electrons. The van der Waals surface area contributed by atoms with E-state index in [0.717, 1.165) is 0 Å². The maximum absolute atomic E-state index is 13.1. The summed E-state index contributed by atoms with van der Waals surface area (Å²) in [5.74, 6) is -0.789. The minimum atomic E-state index is -0.755. The predicted molar refractivity (Wildman–Crippen MR) is 120 cm³/mol. The summed E-state index contributed by atoms with van der Waals surface area (Å²) in [6.45, 7) is 0.962. The maximum Gasteiger partial charge on any atom is 0.295 e. The number of amides is 1. The van der Waals surface area contributed by atoms with Gasteiger partial charge in [0.1, 0.15) is 5.76 Å². The Kier molecular flexibility index (Phi) is 6.39. The second-order valence-electron chi connectivity index (χ2n) is 7.50. The SMILES string of the molecule is COc1ccc(C(O)=C2C(=O)C(=O)N(CCCn3ccnc3)[C@H]2c2cccnc2)cc1OC. The van der Waals surface area contributed by atoms with E-state index in [9.17, 15) is 14.7 Å². The number of benzene rings is 1. The van der Waals surface area contributed by atoms with Crippen LogP contribution in [0.5, 0.6) is 11.5 Å². The second-order valence-corrected chi connectivity index (χ2v) is 7.50. The summed E-state index contributed by atoms with van der Waals surface area (Å²) in [5, 5.41) is 11.2. The van der Waals surface area contributed by atoms with Gasteiger partial charge in [-0.05, 0) is 36.2 Å². The Morgan fingerprint density at radius 3 is 2.55 bits per heavy atom. The first-order chi connectivity index (χ1) is 16.0. The zero-order valence-corrected chi connectivity index (χ0v) is 18.3. The van der Waals surface area contributed by atoms with E-state index in [-0.39, 0.29) is 11.3 Å². The van der Waals surface area contributed by atoms with Gasteiger partial charge in [0.05, 0.1) is 32.2 Å². The van der Waals surface area contributed by atoms with Crippen LogP contribution < -0.4 is 9.47 Å². The lowest BCUT2D eigenvalue weighted by atomic mass is 9.96. The van der Waals surface area contributed by atoms with Crippen LogP contribution in [0.1, 0.15) is 23.6 Å². The number of aryl methyl sites for hydroxylation is 1. The van der Waals surface area contributed by atoms with E-state index in [4.69, 9.17) is 9.47 Å². The zero-order valence-electron chi connectivity index (χ0n) is 18.3. The monoisotopic (exact) mass is 448 g/mol. The van der Waals surface area contributed by atoms with E-state index in [0.29, 0.717) is 42.1 Å². The van der Waals surface area contributed by atoms with Crippen LogP contribution in [0.25, 0.3) is 5.76 Å². The van der Waals surface area contributed by atoms with Crippen LogP contribution in [0.3, 0.4) is 0 Å². The number of aliphatic hydroxyl groups excluding tert-OH is 1. The Labute approximate surface area is 190 Å². The quantitative estimate of drug-likeness (QED) is 0.321. The van der Waals surface area contributed by atoms with E-state index in [1.165, 1.54) is 19.1 Å². The second kappa shape index (κ2) is 9.56. The molecule has 9 nitrogen and oxygen atoms in total. The van der Waals surface area contributed by atoms with Crippen molar-refractivity contribution in [1.82, 2.24) is 19.4 Å². The van der Waals surface area contributed by atoms with Crippen molar-refractivity contribution in [3.05, 3.63) is 78.1 Å². The molecule has 2 aromatic heterocycles. The Morgan fingerprint density at radius 1 is 1.06 bits per heavy atom. The summed E-state index contributed by atoms with van der Waals surface area (Å²) in [6, 6.07) is 7.58. The van der Waals surface area contributed by atoms with E-state index >= 15 is 0 Å². The summed E-state index contributed by atoms with van der Waals surface area (Å²) in [6.07, 6.45) is 9.04. The van der Waals surface area contributed by atoms with Gasteiger partial charge in [-0.2, -0.15) is 0 Å². The highest BCUT2D eigenvalue weighted by atomic mass is 16.5. The fraction of sp³-hybridized carbons (Fsp3) is 0.250. The highest BCUT2D eigenvalue weighted by molar-refractivity contribution is 6.46. The number of methoxy groups -OCH3 is 2. The van der Waals surface area contributed by atoms with Gasteiger partial charge in [0.2, 0.25) is 0 Å². The normalized spacial score (nSPS) is 17.4. The van der Waals surface area contributed by atoms with Crippen LogP contribution in [0.15, 0.2) is 67.0 Å². The number of pyridine rings is 1.